The van der Waals surface area contributed by atoms with Gasteiger partial charge in [0.15, 0.2) is 0 Å². The van der Waals surface area contributed by atoms with Crippen LogP contribution in [0.2, 0.25) is 5.02 Å². The topological polar surface area (TPSA) is 51.2 Å². The monoisotopic (exact) mass is 266 g/mol. The molecule has 0 bridgehead atoms. The predicted octanol–water partition coefficient (Wildman–Crippen LogP) is 3.18. The van der Waals surface area contributed by atoms with Crippen molar-refractivity contribution in [3.63, 3.8) is 0 Å². The molecule has 5 heteroatoms. The van der Waals surface area contributed by atoms with E-state index in [1.165, 1.54) is 0 Å². The summed E-state index contributed by atoms with van der Waals surface area (Å²) in [5, 5.41) is 3.86. The fourth-order valence-corrected chi connectivity index (χ4v) is 1.82. The maximum absolute atomic E-state index is 5.94. The first-order valence-electron chi connectivity index (χ1n) is 5.01. The summed E-state index contributed by atoms with van der Waals surface area (Å²) in [5.41, 5.74) is 8.29. The van der Waals surface area contributed by atoms with Gasteiger partial charge >= 0.3 is 0 Å². The highest BCUT2D eigenvalue weighted by Gasteiger charge is 2.06. The molecule has 1 aromatic carbocycles. The van der Waals surface area contributed by atoms with Crippen LogP contribution >= 0.6 is 23.8 Å². The highest BCUT2D eigenvalue weighted by molar-refractivity contribution is 7.80. The van der Waals surface area contributed by atoms with Crippen LogP contribution in [0.15, 0.2) is 41.2 Å². The lowest BCUT2D eigenvalue weighted by atomic mass is 10.1. The summed E-state index contributed by atoms with van der Waals surface area (Å²) >= 11 is 10.9. The molecular weight excluding hydrogens is 256 g/mol. The molecule has 3 N–H and O–H groups in total. The third kappa shape index (κ3) is 2.99. The average Bonchev–Trinajstić information content (AvgIpc) is 2.78. The number of rotatable bonds is 4. The summed E-state index contributed by atoms with van der Waals surface area (Å²) < 4.78 is 4.99. The average molecular weight is 267 g/mol. The van der Waals surface area contributed by atoms with Gasteiger partial charge in [0.05, 0.1) is 12.5 Å². The van der Waals surface area contributed by atoms with Crippen molar-refractivity contribution in [2.45, 2.75) is 6.54 Å². The molecule has 88 valence electrons. The first-order chi connectivity index (χ1) is 8.16. The molecule has 2 aromatic rings. The Balaban J connectivity index is 2.19. The van der Waals surface area contributed by atoms with Gasteiger partial charge < -0.3 is 15.5 Å². The Kier molecular flexibility index (Phi) is 3.66. The van der Waals surface area contributed by atoms with Gasteiger partial charge in [0.25, 0.3) is 0 Å². The van der Waals surface area contributed by atoms with E-state index in [1.54, 1.807) is 24.7 Å². The first-order valence-corrected chi connectivity index (χ1v) is 5.80. The van der Waals surface area contributed by atoms with Gasteiger partial charge in [-0.15, -0.1) is 0 Å². The SMILES string of the molecule is NC(=S)c1ccc(Cl)cc1NCc1ccoc1. The Morgan fingerprint density at radius 3 is 2.88 bits per heavy atom. The zero-order chi connectivity index (χ0) is 12.3. The van der Waals surface area contributed by atoms with Gasteiger partial charge in [0.2, 0.25) is 0 Å². The maximum Gasteiger partial charge on any atom is 0.106 e. The van der Waals surface area contributed by atoms with E-state index < -0.39 is 0 Å². The molecule has 0 aliphatic carbocycles. The number of nitrogens with two attached hydrogens (primary N) is 1. The van der Waals surface area contributed by atoms with E-state index in [-0.39, 0.29) is 0 Å². The quantitative estimate of drug-likeness (QED) is 0.835. The Morgan fingerprint density at radius 2 is 2.24 bits per heavy atom. The number of hydrogen-bond donors (Lipinski definition) is 2. The number of thiocarbonyl (C=S) groups is 1. The van der Waals surface area contributed by atoms with Crippen LogP contribution in [-0.4, -0.2) is 4.99 Å². The van der Waals surface area contributed by atoms with Gasteiger partial charge in [-0.3, -0.25) is 0 Å². The number of benzene rings is 1. The van der Waals surface area contributed by atoms with Crippen LogP contribution in [0.4, 0.5) is 5.69 Å². The van der Waals surface area contributed by atoms with Gasteiger partial charge in [0.1, 0.15) is 4.99 Å². The molecule has 0 amide bonds. The highest BCUT2D eigenvalue weighted by Crippen LogP contribution is 2.21. The van der Waals surface area contributed by atoms with Gasteiger partial charge in [-0.25, -0.2) is 0 Å². The van der Waals surface area contributed by atoms with Crippen LogP contribution in [-0.2, 0) is 6.54 Å². The smallest absolute Gasteiger partial charge is 0.106 e. The second-order valence-corrected chi connectivity index (χ2v) is 4.42. The third-order valence-corrected chi connectivity index (χ3v) is 2.77. The minimum Gasteiger partial charge on any atom is -0.472 e. The van der Waals surface area contributed by atoms with E-state index in [4.69, 9.17) is 34.0 Å². The van der Waals surface area contributed by atoms with Crippen LogP contribution in [0.5, 0.6) is 0 Å². The molecule has 0 spiro atoms. The Bertz CT molecular complexity index is 525. The molecule has 1 aromatic heterocycles. The molecule has 0 saturated carbocycles. The van der Waals surface area contributed by atoms with E-state index in [0.717, 1.165) is 16.8 Å². The fraction of sp³-hybridized carbons (Fsp3) is 0.0833. The number of hydrogen-bond acceptors (Lipinski definition) is 3. The third-order valence-electron chi connectivity index (χ3n) is 2.31. The molecule has 0 atom stereocenters. The summed E-state index contributed by atoms with van der Waals surface area (Å²) in [4.78, 5) is 0.344. The fourth-order valence-electron chi connectivity index (χ4n) is 1.47. The van der Waals surface area contributed by atoms with Crippen molar-refractivity contribution in [1.82, 2.24) is 0 Å². The summed E-state index contributed by atoms with van der Waals surface area (Å²) in [6.07, 6.45) is 3.31. The summed E-state index contributed by atoms with van der Waals surface area (Å²) in [7, 11) is 0. The number of nitrogens with one attached hydrogen (secondary N) is 1. The molecule has 0 fully saturated rings. The standard InChI is InChI=1S/C12H11ClN2OS/c13-9-1-2-10(12(14)17)11(5-9)15-6-8-3-4-16-7-8/h1-5,7,15H,6H2,(H2,14,17). The van der Waals surface area contributed by atoms with Crippen molar-refractivity contribution in [2.75, 3.05) is 5.32 Å². The Hall–Kier alpha value is -1.52. The van der Waals surface area contributed by atoms with Gasteiger partial charge in [0, 0.05) is 28.4 Å². The Morgan fingerprint density at radius 1 is 1.41 bits per heavy atom. The second-order valence-electron chi connectivity index (χ2n) is 3.54. The lowest BCUT2D eigenvalue weighted by Gasteiger charge is -2.10. The van der Waals surface area contributed by atoms with Crippen molar-refractivity contribution in [1.29, 1.82) is 0 Å². The first kappa shape index (κ1) is 12.0. The van der Waals surface area contributed by atoms with Crippen molar-refractivity contribution < 1.29 is 4.42 Å². The maximum atomic E-state index is 5.94. The zero-order valence-electron chi connectivity index (χ0n) is 8.94. The van der Waals surface area contributed by atoms with Crippen LogP contribution in [0.3, 0.4) is 0 Å². The normalized spacial score (nSPS) is 10.2. The van der Waals surface area contributed by atoms with Gasteiger partial charge in [-0.2, -0.15) is 0 Å². The molecule has 1 heterocycles. The van der Waals surface area contributed by atoms with Crippen molar-refractivity contribution in [2.24, 2.45) is 5.73 Å². The lowest BCUT2D eigenvalue weighted by molar-refractivity contribution is 0.564. The molecule has 0 saturated heterocycles. The lowest BCUT2D eigenvalue weighted by Crippen LogP contribution is -2.13. The van der Waals surface area contributed by atoms with E-state index in [2.05, 4.69) is 5.32 Å². The van der Waals surface area contributed by atoms with Crippen LogP contribution in [0.25, 0.3) is 0 Å². The molecular formula is C12H11ClN2OS. The summed E-state index contributed by atoms with van der Waals surface area (Å²) in [6.45, 7) is 0.631. The minimum absolute atomic E-state index is 0.344. The number of anilines is 1. The largest absolute Gasteiger partial charge is 0.472 e. The number of halogens is 1. The molecule has 0 aliphatic rings. The predicted molar refractivity (Wildman–Crippen MR) is 73.4 cm³/mol. The number of furan rings is 1. The highest BCUT2D eigenvalue weighted by atomic mass is 35.5. The summed E-state index contributed by atoms with van der Waals surface area (Å²) in [5.74, 6) is 0. The van der Waals surface area contributed by atoms with Crippen molar-refractivity contribution >= 4 is 34.5 Å². The van der Waals surface area contributed by atoms with E-state index >= 15 is 0 Å². The molecule has 2 rings (SSSR count). The molecule has 0 unspecified atom stereocenters. The van der Waals surface area contributed by atoms with Gasteiger partial charge in [-0.05, 0) is 24.3 Å². The molecule has 17 heavy (non-hydrogen) atoms. The second kappa shape index (κ2) is 5.21. The van der Waals surface area contributed by atoms with Crippen LogP contribution < -0.4 is 11.1 Å². The molecule has 0 aliphatic heterocycles. The van der Waals surface area contributed by atoms with Crippen LogP contribution in [0, 0.1) is 0 Å². The molecule has 0 radical (unpaired) electrons. The summed E-state index contributed by atoms with van der Waals surface area (Å²) in [6, 6.07) is 7.26. The van der Waals surface area contributed by atoms with Gasteiger partial charge in [-0.1, -0.05) is 23.8 Å². The van der Waals surface area contributed by atoms with Crippen molar-refractivity contribution in [3.05, 3.63) is 52.9 Å². The minimum atomic E-state index is 0.344. The van der Waals surface area contributed by atoms with Crippen molar-refractivity contribution in [3.8, 4) is 0 Å². The van der Waals surface area contributed by atoms with E-state index in [1.807, 2.05) is 12.1 Å². The van der Waals surface area contributed by atoms with E-state index in [0.29, 0.717) is 16.6 Å². The van der Waals surface area contributed by atoms with Crippen LogP contribution in [0.1, 0.15) is 11.1 Å². The Labute approximate surface area is 110 Å². The molecule has 3 nitrogen and oxygen atoms in total. The van der Waals surface area contributed by atoms with E-state index in [9.17, 15) is 0 Å². The zero-order valence-corrected chi connectivity index (χ0v) is 10.5.